The molecular formula is C14H26O2. The summed E-state index contributed by atoms with van der Waals surface area (Å²) in [5, 5.41) is 10.5. The van der Waals surface area contributed by atoms with Crippen LogP contribution in [0, 0.1) is 11.8 Å². The van der Waals surface area contributed by atoms with Gasteiger partial charge in [-0.3, -0.25) is 0 Å². The fourth-order valence-electron chi connectivity index (χ4n) is 3.55. The highest BCUT2D eigenvalue weighted by atomic mass is 16.5. The van der Waals surface area contributed by atoms with Crippen LogP contribution in [-0.2, 0) is 4.74 Å². The highest BCUT2D eigenvalue weighted by Crippen LogP contribution is 2.38. The maximum absolute atomic E-state index is 10.5. The second-order valence-electron chi connectivity index (χ2n) is 5.67. The standard InChI is InChI=1S/C14H26O2/c1-3-11-6-4-5-7-12(11)14(15)13-9-8-10(2)16-13/h10-15H,3-9H2,1-2H3. The van der Waals surface area contributed by atoms with Crippen molar-refractivity contribution in [1.29, 1.82) is 0 Å². The van der Waals surface area contributed by atoms with Crippen LogP contribution in [0.5, 0.6) is 0 Å². The van der Waals surface area contributed by atoms with E-state index >= 15 is 0 Å². The lowest BCUT2D eigenvalue weighted by atomic mass is 9.73. The second-order valence-corrected chi connectivity index (χ2v) is 5.67. The minimum Gasteiger partial charge on any atom is -0.390 e. The molecule has 2 aliphatic rings. The lowest BCUT2D eigenvalue weighted by Crippen LogP contribution is -2.39. The SMILES string of the molecule is CCC1CCCCC1C(O)C1CCC(C)O1. The molecule has 1 saturated heterocycles. The van der Waals surface area contributed by atoms with Gasteiger partial charge in [0.1, 0.15) is 0 Å². The Hall–Kier alpha value is -0.0800. The van der Waals surface area contributed by atoms with Gasteiger partial charge < -0.3 is 9.84 Å². The predicted octanol–water partition coefficient (Wildman–Crippen LogP) is 3.13. The Balaban J connectivity index is 1.93. The molecule has 1 heterocycles. The largest absolute Gasteiger partial charge is 0.390 e. The first-order valence-electron chi connectivity index (χ1n) is 7.06. The number of ether oxygens (including phenoxy) is 1. The van der Waals surface area contributed by atoms with Crippen LogP contribution in [0.15, 0.2) is 0 Å². The Labute approximate surface area is 99.4 Å². The highest BCUT2D eigenvalue weighted by molar-refractivity contribution is 4.87. The summed E-state index contributed by atoms with van der Waals surface area (Å²) in [5.41, 5.74) is 0. The average molecular weight is 226 g/mol. The van der Waals surface area contributed by atoms with Crippen LogP contribution in [0.4, 0.5) is 0 Å². The molecule has 1 N–H and O–H groups in total. The van der Waals surface area contributed by atoms with Crippen LogP contribution in [-0.4, -0.2) is 23.4 Å². The summed E-state index contributed by atoms with van der Waals surface area (Å²) < 4.78 is 5.82. The Kier molecular flexibility index (Phi) is 4.26. The number of hydrogen-bond donors (Lipinski definition) is 1. The molecule has 0 amide bonds. The topological polar surface area (TPSA) is 29.5 Å². The van der Waals surface area contributed by atoms with Gasteiger partial charge in [-0.25, -0.2) is 0 Å². The van der Waals surface area contributed by atoms with E-state index in [1.807, 2.05) is 0 Å². The Morgan fingerprint density at radius 1 is 1.19 bits per heavy atom. The van der Waals surface area contributed by atoms with Crippen molar-refractivity contribution in [2.45, 2.75) is 77.1 Å². The normalized spacial score (nSPS) is 42.2. The number of hydrogen-bond acceptors (Lipinski definition) is 2. The highest BCUT2D eigenvalue weighted by Gasteiger charge is 2.37. The lowest BCUT2D eigenvalue weighted by molar-refractivity contribution is -0.0727. The van der Waals surface area contributed by atoms with Crippen molar-refractivity contribution in [3.8, 4) is 0 Å². The monoisotopic (exact) mass is 226 g/mol. The van der Waals surface area contributed by atoms with E-state index in [1.54, 1.807) is 0 Å². The van der Waals surface area contributed by atoms with E-state index in [1.165, 1.54) is 32.1 Å². The molecule has 16 heavy (non-hydrogen) atoms. The molecule has 5 atom stereocenters. The summed E-state index contributed by atoms with van der Waals surface area (Å²) in [5.74, 6) is 1.22. The first-order chi connectivity index (χ1) is 7.72. The quantitative estimate of drug-likeness (QED) is 0.801. The summed E-state index contributed by atoms with van der Waals surface area (Å²) >= 11 is 0. The van der Waals surface area contributed by atoms with Gasteiger partial charge in [-0.05, 0) is 38.0 Å². The van der Waals surface area contributed by atoms with Gasteiger partial charge in [0.15, 0.2) is 0 Å². The van der Waals surface area contributed by atoms with E-state index in [2.05, 4.69) is 13.8 Å². The zero-order valence-corrected chi connectivity index (χ0v) is 10.7. The fraction of sp³-hybridized carbons (Fsp3) is 1.00. The molecule has 1 aliphatic carbocycles. The fourth-order valence-corrected chi connectivity index (χ4v) is 3.55. The average Bonchev–Trinajstić information content (AvgIpc) is 2.75. The molecular weight excluding hydrogens is 200 g/mol. The van der Waals surface area contributed by atoms with Gasteiger partial charge in [-0.2, -0.15) is 0 Å². The predicted molar refractivity (Wildman–Crippen MR) is 65.3 cm³/mol. The summed E-state index contributed by atoms with van der Waals surface area (Å²) in [6.45, 7) is 4.37. The van der Waals surface area contributed by atoms with Crippen molar-refractivity contribution >= 4 is 0 Å². The van der Waals surface area contributed by atoms with E-state index in [4.69, 9.17) is 4.74 Å². The molecule has 0 aromatic rings. The van der Waals surface area contributed by atoms with E-state index in [0.29, 0.717) is 12.0 Å². The lowest BCUT2D eigenvalue weighted by Gasteiger charge is -2.36. The molecule has 0 aromatic heterocycles. The van der Waals surface area contributed by atoms with Crippen molar-refractivity contribution in [2.24, 2.45) is 11.8 Å². The number of rotatable bonds is 3. The van der Waals surface area contributed by atoms with Gasteiger partial charge in [0.05, 0.1) is 18.3 Å². The van der Waals surface area contributed by atoms with E-state index in [0.717, 1.165) is 18.8 Å². The molecule has 2 nitrogen and oxygen atoms in total. The molecule has 1 saturated carbocycles. The molecule has 1 aliphatic heterocycles. The Morgan fingerprint density at radius 2 is 1.94 bits per heavy atom. The zero-order chi connectivity index (χ0) is 11.5. The van der Waals surface area contributed by atoms with E-state index in [9.17, 15) is 5.11 Å². The molecule has 0 bridgehead atoms. The summed E-state index contributed by atoms with van der Waals surface area (Å²) in [6.07, 6.45) is 8.79. The third-order valence-electron chi connectivity index (χ3n) is 4.58. The zero-order valence-electron chi connectivity index (χ0n) is 10.7. The maximum Gasteiger partial charge on any atom is 0.0841 e. The van der Waals surface area contributed by atoms with Crippen molar-refractivity contribution in [1.82, 2.24) is 0 Å². The first kappa shape index (κ1) is 12.4. The summed E-state index contributed by atoms with van der Waals surface area (Å²) in [7, 11) is 0. The van der Waals surface area contributed by atoms with E-state index in [-0.39, 0.29) is 12.2 Å². The summed E-state index contributed by atoms with van der Waals surface area (Å²) in [6, 6.07) is 0. The molecule has 0 aromatic carbocycles. The summed E-state index contributed by atoms with van der Waals surface area (Å²) in [4.78, 5) is 0. The van der Waals surface area contributed by atoms with Gasteiger partial charge in [-0.1, -0.05) is 32.6 Å². The second kappa shape index (κ2) is 5.50. The van der Waals surface area contributed by atoms with Crippen LogP contribution < -0.4 is 0 Å². The first-order valence-corrected chi connectivity index (χ1v) is 7.06. The minimum absolute atomic E-state index is 0.118. The molecule has 0 radical (unpaired) electrons. The van der Waals surface area contributed by atoms with Gasteiger partial charge >= 0.3 is 0 Å². The van der Waals surface area contributed by atoms with E-state index < -0.39 is 0 Å². The van der Waals surface area contributed by atoms with Crippen molar-refractivity contribution < 1.29 is 9.84 Å². The van der Waals surface area contributed by atoms with Crippen molar-refractivity contribution in [3.63, 3.8) is 0 Å². The van der Waals surface area contributed by atoms with Gasteiger partial charge in [0.25, 0.3) is 0 Å². The van der Waals surface area contributed by atoms with Crippen molar-refractivity contribution in [2.75, 3.05) is 0 Å². The maximum atomic E-state index is 10.5. The molecule has 2 rings (SSSR count). The third kappa shape index (κ3) is 2.60. The van der Waals surface area contributed by atoms with Crippen LogP contribution in [0.25, 0.3) is 0 Å². The van der Waals surface area contributed by atoms with Gasteiger partial charge in [0, 0.05) is 0 Å². The third-order valence-corrected chi connectivity index (χ3v) is 4.58. The molecule has 5 unspecified atom stereocenters. The Morgan fingerprint density at radius 3 is 2.56 bits per heavy atom. The molecule has 0 spiro atoms. The minimum atomic E-state index is -0.213. The van der Waals surface area contributed by atoms with Crippen molar-refractivity contribution in [3.05, 3.63) is 0 Å². The van der Waals surface area contributed by atoms with Crippen LogP contribution in [0.2, 0.25) is 0 Å². The Bertz CT molecular complexity index is 217. The van der Waals surface area contributed by atoms with Crippen LogP contribution in [0.1, 0.15) is 58.8 Å². The van der Waals surface area contributed by atoms with Gasteiger partial charge in [0.2, 0.25) is 0 Å². The van der Waals surface area contributed by atoms with Crippen LogP contribution >= 0.6 is 0 Å². The molecule has 94 valence electrons. The molecule has 2 heteroatoms. The number of aliphatic hydroxyl groups excluding tert-OH is 1. The van der Waals surface area contributed by atoms with Gasteiger partial charge in [-0.15, -0.1) is 0 Å². The smallest absolute Gasteiger partial charge is 0.0841 e. The molecule has 2 fully saturated rings. The van der Waals surface area contributed by atoms with Crippen LogP contribution in [0.3, 0.4) is 0 Å². The number of aliphatic hydroxyl groups is 1.